The molecule has 1 N–H and O–H groups in total. The summed E-state index contributed by atoms with van der Waals surface area (Å²) in [5, 5.41) is 5.00. The maximum absolute atomic E-state index is 6.52. The summed E-state index contributed by atoms with van der Waals surface area (Å²) in [4.78, 5) is 0. The lowest BCUT2D eigenvalue weighted by molar-refractivity contribution is -0.141. The van der Waals surface area contributed by atoms with E-state index in [2.05, 4.69) is 12.2 Å². The van der Waals surface area contributed by atoms with Crippen LogP contribution in [-0.2, 0) is 4.74 Å². The fourth-order valence-electron chi connectivity index (χ4n) is 3.66. The van der Waals surface area contributed by atoms with Crippen molar-refractivity contribution in [2.75, 3.05) is 13.1 Å². The smallest absolute Gasteiger partial charge is 0.0972 e. The van der Waals surface area contributed by atoms with Crippen LogP contribution in [0.25, 0.3) is 0 Å². The van der Waals surface area contributed by atoms with E-state index in [1.165, 1.54) is 19.3 Å². The van der Waals surface area contributed by atoms with Crippen LogP contribution in [0.2, 0.25) is 10.0 Å². The Morgan fingerprint density at radius 3 is 2.76 bits per heavy atom. The topological polar surface area (TPSA) is 21.3 Å². The monoisotopic (exact) mass is 327 g/mol. The van der Waals surface area contributed by atoms with Crippen LogP contribution in [0.4, 0.5) is 0 Å². The van der Waals surface area contributed by atoms with Crippen molar-refractivity contribution in [3.63, 3.8) is 0 Å². The highest BCUT2D eigenvalue weighted by atomic mass is 35.5. The van der Waals surface area contributed by atoms with Gasteiger partial charge in [-0.3, -0.25) is 0 Å². The normalized spacial score (nSPS) is 33.3. The number of hydrogen-bond acceptors (Lipinski definition) is 2. The third-order valence-electron chi connectivity index (χ3n) is 5.07. The molecule has 1 aliphatic heterocycles. The highest BCUT2D eigenvalue weighted by Gasteiger charge is 2.40. The molecule has 1 unspecified atom stereocenters. The lowest BCUT2D eigenvalue weighted by Gasteiger charge is -2.46. The van der Waals surface area contributed by atoms with Gasteiger partial charge < -0.3 is 10.1 Å². The van der Waals surface area contributed by atoms with Crippen molar-refractivity contribution in [3.8, 4) is 0 Å². The van der Waals surface area contributed by atoms with Crippen LogP contribution in [0.15, 0.2) is 18.2 Å². The predicted octanol–water partition coefficient (Wildman–Crippen LogP) is 4.99. The van der Waals surface area contributed by atoms with Crippen LogP contribution in [0.1, 0.15) is 50.7 Å². The second-order valence-corrected chi connectivity index (χ2v) is 7.28. The highest BCUT2D eigenvalue weighted by Crippen LogP contribution is 2.42. The molecule has 0 amide bonds. The van der Waals surface area contributed by atoms with E-state index in [4.69, 9.17) is 27.9 Å². The Balaban J connectivity index is 1.75. The summed E-state index contributed by atoms with van der Waals surface area (Å²) in [5.74, 6) is 0.870. The molecular weight excluding hydrogens is 305 g/mol. The third-order valence-corrected chi connectivity index (χ3v) is 5.65. The van der Waals surface area contributed by atoms with Crippen molar-refractivity contribution < 1.29 is 4.74 Å². The minimum atomic E-state index is -0.0137. The SMILES string of the molecule is CCC1CCC2(CC1)CNCC(c1cc(Cl)ccc1Cl)O2. The lowest BCUT2D eigenvalue weighted by Crippen LogP contribution is -2.52. The number of nitrogens with one attached hydrogen (secondary N) is 1. The Hall–Kier alpha value is -0.280. The minimum Gasteiger partial charge on any atom is -0.364 e. The number of halogens is 2. The van der Waals surface area contributed by atoms with Crippen molar-refractivity contribution in [2.45, 2.75) is 50.7 Å². The summed E-state index contributed by atoms with van der Waals surface area (Å²) in [6, 6.07) is 5.62. The Bertz CT molecular complexity index is 498. The zero-order chi connectivity index (χ0) is 14.9. The molecule has 4 heteroatoms. The number of rotatable bonds is 2. The first kappa shape index (κ1) is 15.6. The van der Waals surface area contributed by atoms with Crippen LogP contribution in [-0.4, -0.2) is 18.7 Å². The van der Waals surface area contributed by atoms with E-state index in [9.17, 15) is 0 Å². The standard InChI is InChI=1S/C17H23Cl2NO/c1-2-12-5-7-17(8-6-12)11-20-10-16(21-17)14-9-13(18)3-4-15(14)19/h3-4,9,12,16,20H,2,5-8,10-11H2,1H3. The first-order chi connectivity index (χ1) is 10.1. The molecule has 0 bridgehead atoms. The van der Waals surface area contributed by atoms with Gasteiger partial charge in [-0.05, 0) is 49.8 Å². The average molecular weight is 328 g/mol. The lowest BCUT2D eigenvalue weighted by atomic mass is 9.77. The van der Waals surface area contributed by atoms with Gasteiger partial charge in [-0.15, -0.1) is 0 Å². The molecular formula is C17H23Cl2NO. The number of benzene rings is 1. The third kappa shape index (κ3) is 3.39. The second-order valence-electron chi connectivity index (χ2n) is 6.44. The molecule has 1 saturated carbocycles. The second kappa shape index (κ2) is 6.45. The van der Waals surface area contributed by atoms with E-state index in [0.29, 0.717) is 5.02 Å². The van der Waals surface area contributed by atoms with Gasteiger partial charge in [-0.25, -0.2) is 0 Å². The van der Waals surface area contributed by atoms with Crippen LogP contribution in [0.3, 0.4) is 0 Å². The zero-order valence-electron chi connectivity index (χ0n) is 12.5. The highest BCUT2D eigenvalue weighted by molar-refractivity contribution is 6.33. The molecule has 1 spiro atoms. The Morgan fingerprint density at radius 1 is 1.29 bits per heavy atom. The Morgan fingerprint density at radius 2 is 2.05 bits per heavy atom. The number of ether oxygens (including phenoxy) is 1. The molecule has 116 valence electrons. The largest absolute Gasteiger partial charge is 0.364 e. The fourth-order valence-corrected chi connectivity index (χ4v) is 4.08. The summed E-state index contributed by atoms with van der Waals surface area (Å²) < 4.78 is 6.52. The molecule has 0 radical (unpaired) electrons. The van der Waals surface area contributed by atoms with E-state index in [1.807, 2.05) is 18.2 Å². The molecule has 2 aliphatic rings. The predicted molar refractivity (Wildman–Crippen MR) is 88.1 cm³/mol. The van der Waals surface area contributed by atoms with E-state index in [1.54, 1.807) is 0 Å². The Labute approximate surface area is 137 Å². The number of hydrogen-bond donors (Lipinski definition) is 1. The van der Waals surface area contributed by atoms with E-state index in [-0.39, 0.29) is 11.7 Å². The van der Waals surface area contributed by atoms with Gasteiger partial charge in [0.15, 0.2) is 0 Å². The van der Waals surface area contributed by atoms with Gasteiger partial charge in [0.25, 0.3) is 0 Å². The summed E-state index contributed by atoms with van der Waals surface area (Å²) >= 11 is 12.5. The summed E-state index contributed by atoms with van der Waals surface area (Å²) in [6.07, 6.45) is 6.12. The van der Waals surface area contributed by atoms with E-state index in [0.717, 1.165) is 42.4 Å². The van der Waals surface area contributed by atoms with Crippen LogP contribution in [0, 0.1) is 5.92 Å². The van der Waals surface area contributed by atoms with Gasteiger partial charge >= 0.3 is 0 Å². The van der Waals surface area contributed by atoms with Crippen LogP contribution >= 0.6 is 23.2 Å². The summed E-state index contributed by atoms with van der Waals surface area (Å²) in [5.41, 5.74) is 0.994. The maximum atomic E-state index is 6.52. The zero-order valence-corrected chi connectivity index (χ0v) is 14.0. The van der Waals surface area contributed by atoms with E-state index >= 15 is 0 Å². The molecule has 1 aliphatic carbocycles. The fraction of sp³-hybridized carbons (Fsp3) is 0.647. The molecule has 1 atom stereocenters. The van der Waals surface area contributed by atoms with Gasteiger partial charge in [0.1, 0.15) is 0 Å². The molecule has 3 rings (SSSR count). The molecule has 0 aromatic heterocycles. The first-order valence-electron chi connectivity index (χ1n) is 7.95. The molecule has 1 saturated heterocycles. The van der Waals surface area contributed by atoms with Gasteiger partial charge in [-0.2, -0.15) is 0 Å². The van der Waals surface area contributed by atoms with Gasteiger partial charge in [0, 0.05) is 28.7 Å². The van der Waals surface area contributed by atoms with Gasteiger partial charge in [0.05, 0.1) is 11.7 Å². The van der Waals surface area contributed by atoms with Crippen molar-refractivity contribution >= 4 is 23.2 Å². The Kier molecular flexibility index (Phi) is 4.80. The first-order valence-corrected chi connectivity index (χ1v) is 8.71. The van der Waals surface area contributed by atoms with Crippen LogP contribution in [0.5, 0.6) is 0 Å². The molecule has 21 heavy (non-hydrogen) atoms. The molecule has 1 aromatic rings. The molecule has 1 aromatic carbocycles. The molecule has 1 heterocycles. The van der Waals surface area contributed by atoms with Crippen molar-refractivity contribution in [1.29, 1.82) is 0 Å². The van der Waals surface area contributed by atoms with Gasteiger partial charge in [-0.1, -0.05) is 36.5 Å². The molecule has 2 fully saturated rings. The minimum absolute atomic E-state index is 0.00289. The molecule has 2 nitrogen and oxygen atoms in total. The maximum Gasteiger partial charge on any atom is 0.0972 e. The van der Waals surface area contributed by atoms with Crippen LogP contribution < -0.4 is 5.32 Å². The number of morpholine rings is 1. The van der Waals surface area contributed by atoms with Gasteiger partial charge in [0.2, 0.25) is 0 Å². The van der Waals surface area contributed by atoms with E-state index < -0.39 is 0 Å². The average Bonchev–Trinajstić information content (AvgIpc) is 2.51. The van der Waals surface area contributed by atoms with Crippen molar-refractivity contribution in [1.82, 2.24) is 5.32 Å². The van der Waals surface area contributed by atoms with Crippen molar-refractivity contribution in [3.05, 3.63) is 33.8 Å². The summed E-state index contributed by atoms with van der Waals surface area (Å²) in [7, 11) is 0. The van der Waals surface area contributed by atoms with Crippen molar-refractivity contribution in [2.24, 2.45) is 5.92 Å². The quantitative estimate of drug-likeness (QED) is 0.825. The summed E-state index contributed by atoms with van der Waals surface area (Å²) in [6.45, 7) is 4.05.